The summed E-state index contributed by atoms with van der Waals surface area (Å²) in [4.78, 5) is 13.0. The molecule has 106 valence electrons. The topological polar surface area (TPSA) is 41.1 Å². The maximum absolute atomic E-state index is 11.7. The predicted octanol–water partition coefficient (Wildman–Crippen LogP) is 3.93. The van der Waals surface area contributed by atoms with Crippen molar-refractivity contribution < 1.29 is 4.79 Å². The molecule has 3 nitrogen and oxygen atoms in total. The van der Waals surface area contributed by atoms with Gasteiger partial charge in [-0.1, -0.05) is 17.7 Å². The van der Waals surface area contributed by atoms with Gasteiger partial charge in [-0.25, -0.2) is 0 Å². The Hall–Kier alpha value is -0.880. The summed E-state index contributed by atoms with van der Waals surface area (Å²) in [6.07, 6.45) is 0.917. The van der Waals surface area contributed by atoms with Crippen LogP contribution in [0.1, 0.15) is 4.88 Å². The van der Waals surface area contributed by atoms with Crippen molar-refractivity contribution in [2.45, 2.75) is 6.42 Å². The molecule has 0 spiro atoms. The second-order valence-corrected chi connectivity index (χ2v) is 7.18. The zero-order valence-electron chi connectivity index (χ0n) is 10.7. The molecule has 0 bridgehead atoms. The minimum Gasteiger partial charge on any atom is -0.325 e. The Morgan fingerprint density at radius 3 is 2.85 bits per heavy atom. The van der Waals surface area contributed by atoms with E-state index < -0.39 is 0 Å². The number of carbonyl (C=O) groups is 1. The third kappa shape index (κ3) is 5.25. The lowest BCUT2D eigenvalue weighted by atomic mass is 10.3. The number of thiophene rings is 1. The minimum atomic E-state index is -0.0698. The van der Waals surface area contributed by atoms with E-state index in [9.17, 15) is 4.79 Å². The Bertz CT molecular complexity index is 588. The van der Waals surface area contributed by atoms with Gasteiger partial charge in [-0.2, -0.15) is 0 Å². The molecule has 0 atom stereocenters. The molecule has 0 aliphatic rings. The Balaban J connectivity index is 1.67. The number of benzene rings is 1. The van der Waals surface area contributed by atoms with E-state index in [1.165, 1.54) is 4.88 Å². The van der Waals surface area contributed by atoms with Crippen LogP contribution in [0.4, 0.5) is 5.69 Å². The SMILES string of the molecule is O=C(CNCCc1ccc(Br)s1)Nc1cccc(Cl)c1. The number of anilines is 1. The molecule has 0 radical (unpaired) electrons. The molecule has 0 fully saturated rings. The molecular weight excluding hydrogens is 360 g/mol. The van der Waals surface area contributed by atoms with Crippen molar-refractivity contribution in [3.05, 3.63) is 50.1 Å². The van der Waals surface area contributed by atoms with Crippen LogP contribution in [0.15, 0.2) is 40.2 Å². The van der Waals surface area contributed by atoms with E-state index in [1.807, 2.05) is 12.1 Å². The number of hydrogen-bond acceptors (Lipinski definition) is 3. The van der Waals surface area contributed by atoms with Crippen LogP contribution < -0.4 is 10.6 Å². The lowest BCUT2D eigenvalue weighted by molar-refractivity contribution is -0.115. The highest BCUT2D eigenvalue weighted by atomic mass is 79.9. The van der Waals surface area contributed by atoms with E-state index in [0.29, 0.717) is 17.3 Å². The van der Waals surface area contributed by atoms with Crippen LogP contribution in [0.5, 0.6) is 0 Å². The average molecular weight is 374 g/mol. The Morgan fingerprint density at radius 2 is 2.15 bits per heavy atom. The largest absolute Gasteiger partial charge is 0.325 e. The number of halogens is 2. The van der Waals surface area contributed by atoms with Gasteiger partial charge >= 0.3 is 0 Å². The molecule has 0 aliphatic carbocycles. The van der Waals surface area contributed by atoms with Crippen LogP contribution in [0.25, 0.3) is 0 Å². The third-order valence-electron chi connectivity index (χ3n) is 2.57. The van der Waals surface area contributed by atoms with Crippen molar-refractivity contribution >= 4 is 50.5 Å². The van der Waals surface area contributed by atoms with Gasteiger partial charge in [-0.15, -0.1) is 11.3 Å². The van der Waals surface area contributed by atoms with Gasteiger partial charge in [0.25, 0.3) is 0 Å². The second-order valence-electron chi connectivity index (χ2n) is 4.19. The predicted molar refractivity (Wildman–Crippen MR) is 88.7 cm³/mol. The summed E-state index contributed by atoms with van der Waals surface area (Å²) in [6, 6.07) is 11.2. The van der Waals surface area contributed by atoms with Gasteiger partial charge in [0.15, 0.2) is 0 Å². The first-order chi connectivity index (χ1) is 9.63. The van der Waals surface area contributed by atoms with Crippen molar-refractivity contribution in [2.75, 3.05) is 18.4 Å². The summed E-state index contributed by atoms with van der Waals surface area (Å²) in [5.74, 6) is -0.0698. The molecule has 0 aliphatic heterocycles. The zero-order chi connectivity index (χ0) is 14.4. The fourth-order valence-corrected chi connectivity index (χ4v) is 3.34. The smallest absolute Gasteiger partial charge is 0.238 e. The average Bonchev–Trinajstić information content (AvgIpc) is 2.80. The van der Waals surface area contributed by atoms with E-state index in [-0.39, 0.29) is 5.91 Å². The van der Waals surface area contributed by atoms with Crippen LogP contribution in [0.3, 0.4) is 0 Å². The fourth-order valence-electron chi connectivity index (χ4n) is 1.67. The van der Waals surface area contributed by atoms with Crippen LogP contribution >= 0.6 is 38.9 Å². The molecule has 2 rings (SSSR count). The standard InChI is InChI=1S/C14H14BrClN2OS/c15-13-5-4-12(20-13)6-7-17-9-14(19)18-11-3-1-2-10(16)8-11/h1-5,8,17H,6-7,9H2,(H,18,19). The van der Waals surface area contributed by atoms with Gasteiger partial charge in [0.2, 0.25) is 5.91 Å². The molecule has 1 heterocycles. The normalized spacial score (nSPS) is 10.5. The Kier molecular flexibility index (Phi) is 6.04. The quantitative estimate of drug-likeness (QED) is 0.753. The number of carbonyl (C=O) groups excluding carboxylic acids is 1. The molecule has 2 aromatic rings. The molecule has 1 aromatic heterocycles. The maximum atomic E-state index is 11.7. The highest BCUT2D eigenvalue weighted by Gasteiger charge is 2.03. The van der Waals surface area contributed by atoms with Gasteiger partial charge in [0.05, 0.1) is 10.3 Å². The zero-order valence-corrected chi connectivity index (χ0v) is 13.8. The molecule has 1 amide bonds. The molecular formula is C14H14BrClN2OS. The Labute approximate surface area is 135 Å². The highest BCUT2D eigenvalue weighted by Crippen LogP contribution is 2.22. The monoisotopic (exact) mass is 372 g/mol. The molecule has 0 saturated carbocycles. The Morgan fingerprint density at radius 1 is 1.30 bits per heavy atom. The van der Waals surface area contributed by atoms with Crippen LogP contribution in [0.2, 0.25) is 5.02 Å². The van der Waals surface area contributed by atoms with Gasteiger partial charge in [0.1, 0.15) is 0 Å². The van der Waals surface area contributed by atoms with Crippen molar-refractivity contribution in [1.29, 1.82) is 0 Å². The van der Waals surface area contributed by atoms with Crippen LogP contribution in [0, 0.1) is 0 Å². The van der Waals surface area contributed by atoms with Crippen LogP contribution in [-0.4, -0.2) is 19.0 Å². The van der Waals surface area contributed by atoms with Gasteiger partial charge in [0, 0.05) is 22.1 Å². The van der Waals surface area contributed by atoms with E-state index in [2.05, 4.69) is 32.6 Å². The second kappa shape index (κ2) is 7.78. The lowest BCUT2D eigenvalue weighted by Gasteiger charge is -2.06. The first-order valence-electron chi connectivity index (χ1n) is 6.14. The van der Waals surface area contributed by atoms with Crippen molar-refractivity contribution in [1.82, 2.24) is 5.32 Å². The first kappa shape index (κ1) is 15.5. The van der Waals surface area contributed by atoms with Gasteiger partial charge in [-0.05, 0) is 52.7 Å². The molecule has 6 heteroatoms. The summed E-state index contributed by atoms with van der Waals surface area (Å²) >= 11 is 11.0. The van der Waals surface area contributed by atoms with Crippen LogP contribution in [-0.2, 0) is 11.2 Å². The van der Waals surface area contributed by atoms with Crippen molar-refractivity contribution in [2.24, 2.45) is 0 Å². The summed E-state index contributed by atoms with van der Waals surface area (Å²) in [7, 11) is 0. The minimum absolute atomic E-state index is 0.0698. The number of amides is 1. The van der Waals surface area contributed by atoms with E-state index in [0.717, 1.165) is 16.8 Å². The van der Waals surface area contributed by atoms with Crippen molar-refractivity contribution in [3.63, 3.8) is 0 Å². The number of nitrogens with one attached hydrogen (secondary N) is 2. The molecule has 20 heavy (non-hydrogen) atoms. The summed E-state index contributed by atoms with van der Waals surface area (Å²) in [5, 5.41) is 6.53. The number of rotatable bonds is 6. The summed E-state index contributed by atoms with van der Waals surface area (Å²) < 4.78 is 1.13. The maximum Gasteiger partial charge on any atom is 0.238 e. The van der Waals surface area contributed by atoms with E-state index >= 15 is 0 Å². The van der Waals surface area contributed by atoms with E-state index in [4.69, 9.17) is 11.6 Å². The highest BCUT2D eigenvalue weighted by molar-refractivity contribution is 9.11. The number of hydrogen-bond donors (Lipinski definition) is 2. The first-order valence-corrected chi connectivity index (χ1v) is 8.12. The van der Waals surface area contributed by atoms with Gasteiger partial charge in [-0.3, -0.25) is 4.79 Å². The summed E-state index contributed by atoms with van der Waals surface area (Å²) in [5.41, 5.74) is 0.714. The molecule has 0 saturated heterocycles. The summed E-state index contributed by atoms with van der Waals surface area (Å²) in [6.45, 7) is 1.06. The molecule has 1 aromatic carbocycles. The van der Waals surface area contributed by atoms with Crippen molar-refractivity contribution in [3.8, 4) is 0 Å². The molecule has 2 N–H and O–H groups in total. The fraction of sp³-hybridized carbons (Fsp3) is 0.214. The molecule has 0 unspecified atom stereocenters. The van der Waals surface area contributed by atoms with E-state index in [1.54, 1.807) is 29.5 Å². The lowest BCUT2D eigenvalue weighted by Crippen LogP contribution is -2.29. The third-order valence-corrected chi connectivity index (χ3v) is 4.49. The van der Waals surface area contributed by atoms with Gasteiger partial charge < -0.3 is 10.6 Å².